The van der Waals surface area contributed by atoms with E-state index in [-0.39, 0.29) is 11.8 Å². The van der Waals surface area contributed by atoms with E-state index in [1.165, 1.54) is 11.1 Å². The number of fused-ring (bicyclic) bond motifs is 1. The summed E-state index contributed by atoms with van der Waals surface area (Å²) in [6.45, 7) is 6.32. The first-order valence-corrected chi connectivity index (χ1v) is 7.74. The quantitative estimate of drug-likeness (QED) is 0.897. The highest BCUT2D eigenvalue weighted by Crippen LogP contribution is 2.32. The fraction of sp³-hybridized carbons (Fsp3) is 0.588. The van der Waals surface area contributed by atoms with Crippen LogP contribution in [0.25, 0.3) is 0 Å². The molecule has 0 aliphatic heterocycles. The molecule has 20 heavy (non-hydrogen) atoms. The van der Waals surface area contributed by atoms with E-state index < -0.39 is 0 Å². The van der Waals surface area contributed by atoms with Gasteiger partial charge in [-0.2, -0.15) is 0 Å². The van der Waals surface area contributed by atoms with Crippen LogP contribution in [0.4, 0.5) is 0 Å². The second kappa shape index (κ2) is 6.89. The fourth-order valence-corrected chi connectivity index (χ4v) is 3.06. The highest BCUT2D eigenvalue weighted by atomic mass is 16.2. The molecule has 3 nitrogen and oxygen atoms in total. The lowest BCUT2D eigenvalue weighted by Gasteiger charge is -2.31. The number of nitrogens with zero attached hydrogens (tertiary/aromatic N) is 1. The van der Waals surface area contributed by atoms with Crippen LogP contribution in [0.1, 0.15) is 43.7 Å². The number of likely N-dealkylation sites (N-methyl/N-ethyl adjacent to an activating group) is 1. The molecular weight excluding hydrogens is 248 g/mol. The zero-order valence-corrected chi connectivity index (χ0v) is 12.6. The largest absolute Gasteiger partial charge is 0.342 e. The van der Waals surface area contributed by atoms with E-state index >= 15 is 0 Å². The standard InChI is InChI=1S/C17H26N2O/c1-3-19(12-13(2)11-18)17(20)16-10-6-8-14-7-4-5-9-15(14)16/h4-5,7,9,13,16H,3,6,8,10-12,18H2,1-2H3. The molecule has 2 atom stereocenters. The van der Waals surface area contributed by atoms with Crippen LogP contribution in [0, 0.1) is 5.92 Å². The highest BCUT2D eigenvalue weighted by Gasteiger charge is 2.29. The number of nitrogens with two attached hydrogens (primary N) is 1. The van der Waals surface area contributed by atoms with Crippen molar-refractivity contribution in [3.05, 3.63) is 35.4 Å². The van der Waals surface area contributed by atoms with Gasteiger partial charge in [0.2, 0.25) is 5.91 Å². The molecule has 3 heteroatoms. The topological polar surface area (TPSA) is 46.3 Å². The third kappa shape index (κ3) is 3.21. The Kier molecular flexibility index (Phi) is 5.18. The number of carbonyl (C=O) groups is 1. The van der Waals surface area contributed by atoms with Gasteiger partial charge >= 0.3 is 0 Å². The minimum Gasteiger partial charge on any atom is -0.342 e. The van der Waals surface area contributed by atoms with Crippen LogP contribution in [0.3, 0.4) is 0 Å². The van der Waals surface area contributed by atoms with Crippen LogP contribution < -0.4 is 5.73 Å². The van der Waals surface area contributed by atoms with Crippen molar-refractivity contribution in [1.82, 2.24) is 4.90 Å². The Morgan fingerprint density at radius 1 is 1.45 bits per heavy atom. The van der Waals surface area contributed by atoms with Crippen LogP contribution in [-0.2, 0) is 11.2 Å². The summed E-state index contributed by atoms with van der Waals surface area (Å²) < 4.78 is 0. The number of amides is 1. The Balaban J connectivity index is 2.16. The molecule has 2 rings (SSSR count). The van der Waals surface area contributed by atoms with Crippen LogP contribution >= 0.6 is 0 Å². The maximum atomic E-state index is 12.8. The van der Waals surface area contributed by atoms with E-state index in [0.717, 1.165) is 32.4 Å². The predicted octanol–water partition coefficient (Wildman–Crippen LogP) is 2.55. The summed E-state index contributed by atoms with van der Waals surface area (Å²) in [4.78, 5) is 14.8. The predicted molar refractivity (Wildman–Crippen MR) is 82.6 cm³/mol. The molecule has 0 saturated carbocycles. The van der Waals surface area contributed by atoms with Crippen molar-refractivity contribution in [2.75, 3.05) is 19.6 Å². The van der Waals surface area contributed by atoms with Crippen molar-refractivity contribution in [2.45, 2.75) is 39.0 Å². The molecule has 0 bridgehead atoms. The van der Waals surface area contributed by atoms with E-state index in [4.69, 9.17) is 5.73 Å². The Labute approximate surface area is 122 Å². The highest BCUT2D eigenvalue weighted by molar-refractivity contribution is 5.84. The van der Waals surface area contributed by atoms with Crippen LogP contribution in [-0.4, -0.2) is 30.4 Å². The van der Waals surface area contributed by atoms with Crippen molar-refractivity contribution >= 4 is 5.91 Å². The molecule has 2 unspecified atom stereocenters. The lowest BCUT2D eigenvalue weighted by molar-refractivity contribution is -0.133. The Morgan fingerprint density at radius 3 is 2.90 bits per heavy atom. The van der Waals surface area contributed by atoms with Gasteiger partial charge in [0.1, 0.15) is 0 Å². The monoisotopic (exact) mass is 274 g/mol. The number of carbonyl (C=O) groups excluding carboxylic acids is 1. The van der Waals surface area contributed by atoms with Gasteiger partial charge in [-0.1, -0.05) is 31.2 Å². The summed E-state index contributed by atoms with van der Waals surface area (Å²) >= 11 is 0. The molecule has 110 valence electrons. The number of aryl methyl sites for hydroxylation is 1. The fourth-order valence-electron chi connectivity index (χ4n) is 3.06. The SMILES string of the molecule is CCN(CC(C)CN)C(=O)C1CCCc2ccccc21. The minimum atomic E-state index is 0.0462. The lowest BCUT2D eigenvalue weighted by Crippen LogP contribution is -2.40. The molecule has 2 N–H and O–H groups in total. The zero-order chi connectivity index (χ0) is 14.5. The molecule has 0 spiro atoms. The third-order valence-corrected chi connectivity index (χ3v) is 4.30. The number of benzene rings is 1. The van der Waals surface area contributed by atoms with Gasteiger partial charge in [-0.15, -0.1) is 0 Å². The summed E-state index contributed by atoms with van der Waals surface area (Å²) in [6.07, 6.45) is 3.19. The van der Waals surface area contributed by atoms with Crippen molar-refractivity contribution < 1.29 is 4.79 Å². The van der Waals surface area contributed by atoms with E-state index in [1.54, 1.807) is 0 Å². The first-order chi connectivity index (χ1) is 9.67. The van der Waals surface area contributed by atoms with Gasteiger partial charge < -0.3 is 10.6 Å². The Hall–Kier alpha value is -1.35. The molecule has 1 aromatic rings. The van der Waals surface area contributed by atoms with Gasteiger partial charge in [-0.05, 0) is 49.8 Å². The molecule has 1 aliphatic rings. The van der Waals surface area contributed by atoms with Gasteiger partial charge in [0.15, 0.2) is 0 Å². The van der Waals surface area contributed by atoms with Crippen LogP contribution in [0.15, 0.2) is 24.3 Å². The molecule has 0 heterocycles. The van der Waals surface area contributed by atoms with Gasteiger partial charge in [-0.25, -0.2) is 0 Å². The molecule has 0 aromatic heterocycles. The van der Waals surface area contributed by atoms with Crippen molar-refractivity contribution in [1.29, 1.82) is 0 Å². The Morgan fingerprint density at radius 2 is 2.20 bits per heavy atom. The number of rotatable bonds is 5. The van der Waals surface area contributed by atoms with Gasteiger partial charge in [-0.3, -0.25) is 4.79 Å². The summed E-state index contributed by atoms with van der Waals surface area (Å²) in [5, 5.41) is 0. The second-order valence-electron chi connectivity index (χ2n) is 5.86. The maximum absolute atomic E-state index is 12.8. The van der Waals surface area contributed by atoms with Crippen molar-refractivity contribution in [3.63, 3.8) is 0 Å². The second-order valence-corrected chi connectivity index (χ2v) is 5.86. The molecule has 0 saturated heterocycles. The normalized spacial score (nSPS) is 19.2. The summed E-state index contributed by atoms with van der Waals surface area (Å²) in [6, 6.07) is 8.40. The van der Waals surface area contributed by atoms with E-state index in [9.17, 15) is 4.79 Å². The van der Waals surface area contributed by atoms with E-state index in [1.807, 2.05) is 11.0 Å². The average Bonchev–Trinajstić information content (AvgIpc) is 2.51. The van der Waals surface area contributed by atoms with Crippen molar-refractivity contribution in [3.8, 4) is 0 Å². The molecule has 0 radical (unpaired) electrons. The maximum Gasteiger partial charge on any atom is 0.230 e. The van der Waals surface area contributed by atoms with Crippen molar-refractivity contribution in [2.24, 2.45) is 11.7 Å². The van der Waals surface area contributed by atoms with Gasteiger partial charge in [0, 0.05) is 13.1 Å². The van der Waals surface area contributed by atoms with E-state index in [0.29, 0.717) is 12.5 Å². The first-order valence-electron chi connectivity index (χ1n) is 7.74. The lowest BCUT2D eigenvalue weighted by atomic mass is 9.82. The zero-order valence-electron chi connectivity index (χ0n) is 12.6. The van der Waals surface area contributed by atoms with Crippen LogP contribution in [0.2, 0.25) is 0 Å². The Bertz CT molecular complexity index is 458. The van der Waals surface area contributed by atoms with E-state index in [2.05, 4.69) is 32.0 Å². The van der Waals surface area contributed by atoms with Crippen LogP contribution in [0.5, 0.6) is 0 Å². The molecule has 0 fully saturated rings. The molecule has 1 amide bonds. The average molecular weight is 274 g/mol. The summed E-state index contributed by atoms with van der Waals surface area (Å²) in [5.41, 5.74) is 8.28. The summed E-state index contributed by atoms with van der Waals surface area (Å²) in [7, 11) is 0. The number of hydrogen-bond donors (Lipinski definition) is 1. The smallest absolute Gasteiger partial charge is 0.230 e. The van der Waals surface area contributed by atoms with Gasteiger partial charge in [0.25, 0.3) is 0 Å². The number of hydrogen-bond acceptors (Lipinski definition) is 2. The molecular formula is C17H26N2O. The van der Waals surface area contributed by atoms with Gasteiger partial charge in [0.05, 0.1) is 5.92 Å². The third-order valence-electron chi connectivity index (χ3n) is 4.30. The molecule has 1 aliphatic carbocycles. The summed E-state index contributed by atoms with van der Waals surface area (Å²) in [5.74, 6) is 0.683. The minimum absolute atomic E-state index is 0.0462. The molecule has 1 aromatic carbocycles. The first kappa shape index (κ1) is 15.0.